The molecule has 3 rings (SSSR count). The number of benzene rings is 1. The van der Waals surface area contributed by atoms with Crippen LogP contribution in [-0.4, -0.2) is 24.9 Å². The Bertz CT molecular complexity index is 585. The number of aryl methyl sites for hydroxylation is 1. The molecule has 1 aromatic rings. The molecular formula is C16H19F3N2O. The van der Waals surface area contributed by atoms with Crippen LogP contribution in [0.5, 0.6) is 0 Å². The first-order valence-corrected chi connectivity index (χ1v) is 7.55. The Balaban J connectivity index is 1.50. The van der Waals surface area contributed by atoms with Crippen LogP contribution in [-0.2, 0) is 11.2 Å². The van der Waals surface area contributed by atoms with Gasteiger partial charge in [-0.05, 0) is 43.4 Å². The van der Waals surface area contributed by atoms with Crippen LogP contribution >= 0.6 is 0 Å². The monoisotopic (exact) mass is 312 g/mol. The van der Waals surface area contributed by atoms with Crippen LogP contribution in [0, 0.1) is 24.6 Å². The number of halogens is 3. The van der Waals surface area contributed by atoms with E-state index < -0.39 is 18.4 Å². The molecule has 1 aliphatic carbocycles. The first kappa shape index (κ1) is 15.2. The molecule has 3 nitrogen and oxygen atoms in total. The maximum atomic E-state index is 13.8. The summed E-state index contributed by atoms with van der Waals surface area (Å²) in [6, 6.07) is 2.79. The molecule has 120 valence electrons. The minimum Gasteiger partial charge on any atom is -0.373 e. The number of fused-ring (bicyclic) bond motifs is 1. The summed E-state index contributed by atoms with van der Waals surface area (Å²) in [6.07, 6.45) is -1.02. The molecule has 1 unspecified atom stereocenters. The average molecular weight is 312 g/mol. The zero-order valence-corrected chi connectivity index (χ0v) is 12.3. The first-order chi connectivity index (χ1) is 10.4. The number of alkyl halides is 2. The third kappa shape index (κ3) is 2.91. The van der Waals surface area contributed by atoms with Crippen molar-refractivity contribution in [2.75, 3.05) is 11.9 Å². The highest BCUT2D eigenvalue weighted by Gasteiger charge is 2.36. The minimum atomic E-state index is -2.26. The fraction of sp³-hybridized carbons (Fsp3) is 0.562. The topological polar surface area (TPSA) is 41.1 Å². The van der Waals surface area contributed by atoms with Crippen molar-refractivity contribution < 1.29 is 18.0 Å². The Hall–Kier alpha value is -1.72. The van der Waals surface area contributed by atoms with Crippen molar-refractivity contribution in [2.24, 2.45) is 11.8 Å². The predicted molar refractivity (Wildman–Crippen MR) is 77.5 cm³/mol. The summed E-state index contributed by atoms with van der Waals surface area (Å²) >= 11 is 0. The Labute approximate surface area is 127 Å². The minimum absolute atomic E-state index is 0.130. The molecule has 0 aromatic heterocycles. The molecule has 0 radical (unpaired) electrons. The van der Waals surface area contributed by atoms with Gasteiger partial charge in [-0.1, -0.05) is 0 Å². The highest BCUT2D eigenvalue weighted by Crippen LogP contribution is 2.37. The van der Waals surface area contributed by atoms with Gasteiger partial charge in [-0.25, -0.2) is 13.2 Å². The number of rotatable bonds is 4. The zero-order chi connectivity index (χ0) is 15.9. The average Bonchev–Trinajstić information content (AvgIpc) is 2.80. The second kappa shape index (κ2) is 5.82. The van der Waals surface area contributed by atoms with Crippen molar-refractivity contribution in [1.29, 1.82) is 0 Å². The van der Waals surface area contributed by atoms with E-state index in [9.17, 15) is 18.0 Å². The lowest BCUT2D eigenvalue weighted by Gasteiger charge is -2.34. The van der Waals surface area contributed by atoms with Gasteiger partial charge in [0.2, 0.25) is 12.3 Å². The largest absolute Gasteiger partial charge is 0.373 e. The van der Waals surface area contributed by atoms with E-state index in [1.54, 1.807) is 6.92 Å². The molecule has 1 atom stereocenters. The SMILES string of the molecule is Cc1cc(F)c2c(c1)NC(C(=O)NCC1CC(C(F)F)C1)C2. The third-order valence-electron chi connectivity index (χ3n) is 4.59. The zero-order valence-electron chi connectivity index (χ0n) is 12.3. The lowest BCUT2D eigenvalue weighted by molar-refractivity contribution is -0.122. The van der Waals surface area contributed by atoms with Gasteiger partial charge in [0, 0.05) is 30.1 Å². The molecule has 2 N–H and O–H groups in total. The second-order valence-electron chi connectivity index (χ2n) is 6.35. The van der Waals surface area contributed by atoms with E-state index in [-0.39, 0.29) is 17.6 Å². The van der Waals surface area contributed by atoms with E-state index in [2.05, 4.69) is 10.6 Å². The van der Waals surface area contributed by atoms with Crippen LogP contribution in [0.3, 0.4) is 0 Å². The molecule has 6 heteroatoms. The van der Waals surface area contributed by atoms with Crippen molar-refractivity contribution in [3.05, 3.63) is 29.1 Å². The molecule has 1 aliphatic heterocycles. The van der Waals surface area contributed by atoms with Crippen molar-refractivity contribution in [3.8, 4) is 0 Å². The maximum absolute atomic E-state index is 13.8. The van der Waals surface area contributed by atoms with E-state index in [1.165, 1.54) is 6.07 Å². The van der Waals surface area contributed by atoms with Gasteiger partial charge in [-0.3, -0.25) is 4.79 Å². The molecule has 0 saturated heterocycles. The number of carbonyl (C=O) groups is 1. The van der Waals surface area contributed by atoms with Crippen LogP contribution in [0.25, 0.3) is 0 Å². The van der Waals surface area contributed by atoms with E-state index in [1.807, 2.05) is 6.07 Å². The summed E-state index contributed by atoms with van der Waals surface area (Å²) in [5.41, 5.74) is 2.00. The quantitative estimate of drug-likeness (QED) is 0.897. The Morgan fingerprint density at radius 2 is 2.14 bits per heavy atom. The highest BCUT2D eigenvalue weighted by molar-refractivity contribution is 5.87. The Morgan fingerprint density at radius 1 is 1.41 bits per heavy atom. The van der Waals surface area contributed by atoms with Crippen LogP contribution in [0.4, 0.5) is 18.9 Å². The number of hydrogen-bond acceptors (Lipinski definition) is 2. The fourth-order valence-corrected chi connectivity index (χ4v) is 3.24. The number of nitrogens with one attached hydrogen (secondary N) is 2. The maximum Gasteiger partial charge on any atom is 0.242 e. The Morgan fingerprint density at radius 3 is 2.82 bits per heavy atom. The molecule has 1 fully saturated rings. The molecule has 0 bridgehead atoms. The van der Waals surface area contributed by atoms with Gasteiger partial charge in [-0.2, -0.15) is 0 Å². The van der Waals surface area contributed by atoms with Crippen molar-refractivity contribution in [3.63, 3.8) is 0 Å². The number of hydrogen-bond donors (Lipinski definition) is 2. The summed E-state index contributed by atoms with van der Waals surface area (Å²) in [4.78, 5) is 12.1. The summed E-state index contributed by atoms with van der Waals surface area (Å²) in [6.45, 7) is 2.21. The number of anilines is 1. The number of carbonyl (C=O) groups excluding carboxylic acids is 1. The molecule has 1 amide bonds. The summed E-state index contributed by atoms with van der Waals surface area (Å²) in [7, 11) is 0. The first-order valence-electron chi connectivity index (χ1n) is 7.55. The molecule has 0 spiro atoms. The van der Waals surface area contributed by atoms with Crippen LogP contribution in [0.2, 0.25) is 0 Å². The van der Waals surface area contributed by atoms with Crippen LogP contribution < -0.4 is 10.6 Å². The highest BCUT2D eigenvalue weighted by atomic mass is 19.3. The summed E-state index contributed by atoms with van der Waals surface area (Å²) in [5.74, 6) is -0.885. The second-order valence-corrected chi connectivity index (χ2v) is 6.35. The number of amides is 1. The van der Waals surface area contributed by atoms with Gasteiger partial charge in [0.05, 0.1) is 0 Å². The summed E-state index contributed by atoms with van der Waals surface area (Å²) < 4.78 is 38.6. The summed E-state index contributed by atoms with van der Waals surface area (Å²) in [5, 5.41) is 5.82. The van der Waals surface area contributed by atoms with Gasteiger partial charge in [0.15, 0.2) is 0 Å². The fourth-order valence-electron chi connectivity index (χ4n) is 3.24. The van der Waals surface area contributed by atoms with Crippen LogP contribution in [0.1, 0.15) is 24.0 Å². The van der Waals surface area contributed by atoms with E-state index in [0.717, 1.165) is 5.56 Å². The smallest absolute Gasteiger partial charge is 0.242 e. The van der Waals surface area contributed by atoms with Gasteiger partial charge in [0.25, 0.3) is 0 Å². The van der Waals surface area contributed by atoms with Crippen molar-refractivity contribution in [1.82, 2.24) is 5.32 Å². The van der Waals surface area contributed by atoms with E-state index in [4.69, 9.17) is 0 Å². The molecular weight excluding hydrogens is 293 g/mol. The van der Waals surface area contributed by atoms with Gasteiger partial charge in [0.1, 0.15) is 11.9 Å². The standard InChI is InChI=1S/C16H19F3N2O/c1-8-2-12(17)11-6-14(21-13(11)3-8)16(22)20-7-9-4-10(5-9)15(18)19/h2-3,9-10,14-15,21H,4-7H2,1H3,(H,20,22). The molecule has 1 saturated carbocycles. The van der Waals surface area contributed by atoms with Gasteiger partial charge >= 0.3 is 0 Å². The normalized spacial score (nSPS) is 26.3. The molecule has 1 heterocycles. The lowest BCUT2D eigenvalue weighted by atomic mass is 9.75. The van der Waals surface area contributed by atoms with Crippen molar-refractivity contribution in [2.45, 2.75) is 38.7 Å². The molecule has 1 aromatic carbocycles. The predicted octanol–water partition coefficient (Wildman–Crippen LogP) is 2.88. The van der Waals surface area contributed by atoms with E-state index in [0.29, 0.717) is 37.1 Å². The van der Waals surface area contributed by atoms with Gasteiger partial charge in [-0.15, -0.1) is 0 Å². The van der Waals surface area contributed by atoms with E-state index >= 15 is 0 Å². The Kier molecular flexibility index (Phi) is 4.02. The van der Waals surface area contributed by atoms with Gasteiger partial charge < -0.3 is 10.6 Å². The molecule has 22 heavy (non-hydrogen) atoms. The van der Waals surface area contributed by atoms with Crippen LogP contribution in [0.15, 0.2) is 12.1 Å². The third-order valence-corrected chi connectivity index (χ3v) is 4.59. The van der Waals surface area contributed by atoms with Crippen molar-refractivity contribution >= 4 is 11.6 Å². The lowest BCUT2D eigenvalue weighted by Crippen LogP contribution is -2.43. The molecule has 2 aliphatic rings.